The van der Waals surface area contributed by atoms with Crippen molar-refractivity contribution in [1.29, 1.82) is 0 Å². The van der Waals surface area contributed by atoms with E-state index in [2.05, 4.69) is 4.98 Å². The van der Waals surface area contributed by atoms with Gasteiger partial charge in [-0.15, -0.1) is 0 Å². The Morgan fingerprint density at radius 2 is 1.52 bits per heavy atom. The molecular formula is C25H18N2O4. The summed E-state index contributed by atoms with van der Waals surface area (Å²) in [7, 11) is 0. The van der Waals surface area contributed by atoms with Crippen molar-refractivity contribution in [3.05, 3.63) is 95.2 Å². The topological polar surface area (TPSA) is 76.6 Å². The maximum absolute atomic E-state index is 13.8. The van der Waals surface area contributed by atoms with Crippen molar-refractivity contribution in [3.8, 4) is 0 Å². The van der Waals surface area contributed by atoms with E-state index in [-0.39, 0.29) is 23.6 Å². The molecule has 3 aliphatic carbocycles. The van der Waals surface area contributed by atoms with Crippen LogP contribution < -0.4 is 4.90 Å². The second-order valence-electron chi connectivity index (χ2n) is 8.18. The highest BCUT2D eigenvalue weighted by molar-refractivity contribution is 6.23. The average Bonchev–Trinajstić information content (AvgIpc) is 3.06. The molecule has 0 saturated carbocycles. The number of aromatic nitrogens is 1. The first-order valence-electron chi connectivity index (χ1n) is 10.2. The van der Waals surface area contributed by atoms with Gasteiger partial charge in [-0.2, -0.15) is 0 Å². The molecule has 3 aromatic rings. The summed E-state index contributed by atoms with van der Waals surface area (Å²) >= 11 is 0. The molecule has 2 aromatic carbocycles. The number of benzene rings is 2. The van der Waals surface area contributed by atoms with Gasteiger partial charge in [0.2, 0.25) is 11.8 Å². The van der Waals surface area contributed by atoms with Crippen LogP contribution in [0.15, 0.2) is 72.9 Å². The standard InChI is InChI=1S/C25H18N2O4/c1-14(28)31-25-17-10-4-2-8-15(17)20(16-9-3-5-11-18(16)25)21-22(25)24(30)27(23(21)29)19-12-6-7-13-26-19/h2-13,20-22H,1H3/t20?,21-,22-,25?/m0/s1. The summed E-state index contributed by atoms with van der Waals surface area (Å²) < 4.78 is 6.08. The maximum atomic E-state index is 13.8. The van der Waals surface area contributed by atoms with Crippen LogP contribution in [0.1, 0.15) is 35.1 Å². The lowest BCUT2D eigenvalue weighted by atomic mass is 9.52. The monoisotopic (exact) mass is 410 g/mol. The van der Waals surface area contributed by atoms with Crippen LogP contribution in [0.4, 0.5) is 5.82 Å². The number of ether oxygens (including phenoxy) is 1. The zero-order chi connectivity index (χ0) is 21.3. The number of carbonyl (C=O) groups excluding carboxylic acids is 3. The fourth-order valence-corrected chi connectivity index (χ4v) is 5.81. The van der Waals surface area contributed by atoms with Crippen LogP contribution in [-0.4, -0.2) is 22.8 Å². The summed E-state index contributed by atoms with van der Waals surface area (Å²) in [5.41, 5.74) is 2.05. The van der Waals surface area contributed by atoms with Crippen molar-refractivity contribution in [2.24, 2.45) is 11.8 Å². The van der Waals surface area contributed by atoms with Crippen molar-refractivity contribution in [3.63, 3.8) is 0 Å². The van der Waals surface area contributed by atoms with Crippen molar-refractivity contribution in [1.82, 2.24) is 4.98 Å². The number of carbonyl (C=O) groups is 3. The molecular weight excluding hydrogens is 392 g/mol. The molecule has 152 valence electrons. The van der Waals surface area contributed by atoms with Gasteiger partial charge in [-0.1, -0.05) is 54.6 Å². The van der Waals surface area contributed by atoms with E-state index >= 15 is 0 Å². The van der Waals surface area contributed by atoms with E-state index in [0.717, 1.165) is 22.3 Å². The molecule has 1 aliphatic heterocycles. The van der Waals surface area contributed by atoms with Gasteiger partial charge in [-0.3, -0.25) is 14.4 Å². The number of hydrogen-bond acceptors (Lipinski definition) is 5. The summed E-state index contributed by atoms with van der Waals surface area (Å²) in [6.45, 7) is 1.34. The fraction of sp³-hybridized carbons (Fsp3) is 0.200. The number of anilines is 1. The first-order valence-corrected chi connectivity index (χ1v) is 10.2. The van der Waals surface area contributed by atoms with Gasteiger partial charge in [0.25, 0.3) is 0 Å². The Bertz CT molecular complexity index is 1220. The van der Waals surface area contributed by atoms with E-state index in [1.165, 1.54) is 11.8 Å². The van der Waals surface area contributed by atoms with Crippen LogP contribution in [0.5, 0.6) is 0 Å². The molecule has 0 spiro atoms. The minimum atomic E-state index is -1.35. The molecule has 0 N–H and O–H groups in total. The van der Waals surface area contributed by atoms with Gasteiger partial charge >= 0.3 is 5.97 Å². The van der Waals surface area contributed by atoms with Gasteiger partial charge in [0.05, 0.1) is 11.8 Å². The molecule has 0 unspecified atom stereocenters. The first-order chi connectivity index (χ1) is 15.1. The zero-order valence-electron chi connectivity index (χ0n) is 16.7. The third-order valence-corrected chi connectivity index (χ3v) is 6.72. The lowest BCUT2D eigenvalue weighted by molar-refractivity contribution is -0.167. The number of imide groups is 1. The van der Waals surface area contributed by atoms with Crippen LogP contribution >= 0.6 is 0 Å². The van der Waals surface area contributed by atoms with Crippen LogP contribution in [0.3, 0.4) is 0 Å². The smallest absolute Gasteiger partial charge is 0.303 e. The Labute approximate surface area is 178 Å². The predicted molar refractivity (Wildman–Crippen MR) is 111 cm³/mol. The number of pyridine rings is 1. The van der Waals surface area contributed by atoms with E-state index in [4.69, 9.17) is 4.74 Å². The third kappa shape index (κ3) is 2.11. The molecule has 2 heterocycles. The second kappa shape index (κ2) is 6.11. The van der Waals surface area contributed by atoms with Crippen LogP contribution in [0, 0.1) is 11.8 Å². The first kappa shape index (κ1) is 18.0. The van der Waals surface area contributed by atoms with Crippen molar-refractivity contribution in [2.75, 3.05) is 4.90 Å². The maximum Gasteiger partial charge on any atom is 0.303 e. The number of nitrogens with zero attached hydrogens (tertiary/aromatic N) is 2. The Morgan fingerprint density at radius 3 is 2.10 bits per heavy atom. The van der Waals surface area contributed by atoms with Crippen LogP contribution in [-0.2, 0) is 24.7 Å². The zero-order valence-corrected chi connectivity index (χ0v) is 16.7. The predicted octanol–water partition coefficient (Wildman–Crippen LogP) is 3.15. The highest BCUT2D eigenvalue weighted by Crippen LogP contribution is 2.64. The fourth-order valence-electron chi connectivity index (χ4n) is 5.81. The van der Waals surface area contributed by atoms with Gasteiger partial charge in [-0.05, 0) is 23.3 Å². The van der Waals surface area contributed by atoms with E-state index in [1.807, 2.05) is 48.5 Å². The Morgan fingerprint density at radius 1 is 0.903 bits per heavy atom. The Hall–Kier alpha value is -3.80. The third-order valence-electron chi connectivity index (χ3n) is 6.72. The molecule has 2 atom stereocenters. The Kier molecular flexibility index (Phi) is 3.55. The van der Waals surface area contributed by atoms with E-state index < -0.39 is 23.4 Å². The average molecular weight is 410 g/mol. The number of esters is 1. The minimum Gasteiger partial charge on any atom is -0.448 e. The van der Waals surface area contributed by atoms with Gasteiger partial charge < -0.3 is 4.74 Å². The molecule has 4 aliphatic rings. The summed E-state index contributed by atoms with van der Waals surface area (Å²) in [6, 6.07) is 20.4. The quantitative estimate of drug-likeness (QED) is 0.479. The highest BCUT2D eigenvalue weighted by atomic mass is 16.6. The van der Waals surface area contributed by atoms with E-state index in [0.29, 0.717) is 0 Å². The van der Waals surface area contributed by atoms with E-state index in [9.17, 15) is 14.4 Å². The van der Waals surface area contributed by atoms with Crippen LogP contribution in [0.25, 0.3) is 0 Å². The lowest BCUT2D eigenvalue weighted by Crippen LogP contribution is -2.55. The molecule has 2 bridgehead atoms. The molecule has 1 saturated heterocycles. The molecule has 7 rings (SSSR count). The van der Waals surface area contributed by atoms with Crippen molar-refractivity contribution >= 4 is 23.6 Å². The number of hydrogen-bond donors (Lipinski definition) is 0. The van der Waals surface area contributed by atoms with Gasteiger partial charge in [0, 0.05) is 30.2 Å². The molecule has 0 radical (unpaired) electrons. The van der Waals surface area contributed by atoms with Gasteiger partial charge in [0.1, 0.15) is 5.82 Å². The molecule has 6 nitrogen and oxygen atoms in total. The van der Waals surface area contributed by atoms with Gasteiger partial charge in [0.15, 0.2) is 5.60 Å². The van der Waals surface area contributed by atoms with Crippen molar-refractivity contribution in [2.45, 2.75) is 18.4 Å². The Balaban J connectivity index is 1.68. The molecule has 31 heavy (non-hydrogen) atoms. The molecule has 2 amide bonds. The van der Waals surface area contributed by atoms with E-state index in [1.54, 1.807) is 24.4 Å². The van der Waals surface area contributed by atoms with Crippen LogP contribution in [0.2, 0.25) is 0 Å². The normalized spacial score (nSPS) is 27.5. The number of rotatable bonds is 2. The molecule has 1 fully saturated rings. The minimum absolute atomic E-state index is 0.289. The van der Waals surface area contributed by atoms with Gasteiger partial charge in [-0.25, -0.2) is 9.88 Å². The lowest BCUT2D eigenvalue weighted by Gasteiger charge is -2.52. The van der Waals surface area contributed by atoms with Crippen molar-refractivity contribution < 1.29 is 19.1 Å². The SMILES string of the molecule is CC(=O)OC12c3ccccc3C(c3ccccc31)[C@@H]1C(=O)N(c3ccccn3)C(=O)[C@H]12. The second-order valence-corrected chi connectivity index (χ2v) is 8.18. The molecule has 6 heteroatoms. The summed E-state index contributed by atoms with van der Waals surface area (Å²) in [4.78, 5) is 45.3. The highest BCUT2D eigenvalue weighted by Gasteiger charge is 2.70. The summed E-state index contributed by atoms with van der Waals surface area (Å²) in [6.07, 6.45) is 1.55. The summed E-state index contributed by atoms with van der Waals surface area (Å²) in [5.74, 6) is -2.71. The molecule has 1 aromatic heterocycles. The number of amides is 2. The largest absolute Gasteiger partial charge is 0.448 e. The summed E-state index contributed by atoms with van der Waals surface area (Å²) in [5, 5.41) is 0.